The van der Waals surface area contributed by atoms with E-state index >= 15 is 0 Å². The molecule has 0 unspecified atom stereocenters. The standard InChI is InChI=1S/C20H16N2O4S/c1-12-6-2-3-7-13(12)18(23)22-20(27)21-15-9-5-4-8-14(15)16-10-11-17(26-16)19(24)25/h2-11H,1H3,(H,24,25)(H2,21,22,23,27). The molecule has 0 aliphatic rings. The molecule has 0 saturated carbocycles. The number of thiocarbonyl (C=S) groups is 1. The largest absolute Gasteiger partial charge is 0.475 e. The van der Waals surface area contributed by atoms with Gasteiger partial charge >= 0.3 is 5.97 Å². The second-order valence-corrected chi connectivity index (χ2v) is 6.15. The van der Waals surface area contributed by atoms with Gasteiger partial charge in [-0.2, -0.15) is 0 Å². The summed E-state index contributed by atoms with van der Waals surface area (Å²) >= 11 is 5.24. The zero-order valence-corrected chi connectivity index (χ0v) is 15.2. The van der Waals surface area contributed by atoms with Crippen LogP contribution in [-0.4, -0.2) is 22.1 Å². The zero-order valence-electron chi connectivity index (χ0n) is 14.4. The number of hydrogen-bond acceptors (Lipinski definition) is 4. The van der Waals surface area contributed by atoms with Crippen molar-refractivity contribution in [3.63, 3.8) is 0 Å². The van der Waals surface area contributed by atoms with Gasteiger partial charge in [-0.1, -0.05) is 30.3 Å². The first-order chi connectivity index (χ1) is 13.0. The maximum Gasteiger partial charge on any atom is 0.371 e. The van der Waals surface area contributed by atoms with E-state index < -0.39 is 5.97 Å². The van der Waals surface area contributed by atoms with E-state index in [2.05, 4.69) is 10.6 Å². The van der Waals surface area contributed by atoms with E-state index in [9.17, 15) is 9.59 Å². The van der Waals surface area contributed by atoms with Gasteiger partial charge in [0.25, 0.3) is 5.91 Å². The lowest BCUT2D eigenvalue weighted by Crippen LogP contribution is -2.34. The number of rotatable bonds is 4. The molecule has 1 aromatic heterocycles. The summed E-state index contributed by atoms with van der Waals surface area (Å²) in [6.45, 7) is 1.84. The molecule has 7 heteroatoms. The molecule has 0 aliphatic carbocycles. The SMILES string of the molecule is Cc1ccccc1C(=O)NC(=S)Nc1ccccc1-c1ccc(C(=O)O)o1. The number of nitrogens with one attached hydrogen (secondary N) is 2. The molecule has 3 N–H and O–H groups in total. The van der Waals surface area contributed by atoms with Gasteiger partial charge in [-0.05, 0) is 55.0 Å². The molecular formula is C20H16N2O4S. The highest BCUT2D eigenvalue weighted by Gasteiger charge is 2.15. The fourth-order valence-electron chi connectivity index (χ4n) is 2.56. The van der Waals surface area contributed by atoms with Gasteiger partial charge < -0.3 is 14.8 Å². The summed E-state index contributed by atoms with van der Waals surface area (Å²) in [5, 5.41) is 14.7. The van der Waals surface area contributed by atoms with Crippen LogP contribution in [0.15, 0.2) is 65.1 Å². The monoisotopic (exact) mass is 380 g/mol. The van der Waals surface area contributed by atoms with Gasteiger partial charge in [0.05, 0.1) is 5.69 Å². The quantitative estimate of drug-likeness (QED) is 0.591. The number of carbonyl (C=O) groups excluding carboxylic acids is 1. The number of carboxylic acid groups (broad SMARTS) is 1. The minimum Gasteiger partial charge on any atom is -0.475 e. The summed E-state index contributed by atoms with van der Waals surface area (Å²) in [7, 11) is 0. The highest BCUT2D eigenvalue weighted by Crippen LogP contribution is 2.29. The lowest BCUT2D eigenvalue weighted by molar-refractivity contribution is 0.0663. The Balaban J connectivity index is 1.78. The summed E-state index contributed by atoms with van der Waals surface area (Å²) in [6, 6.07) is 17.2. The number of aromatic carboxylic acids is 1. The molecule has 27 heavy (non-hydrogen) atoms. The van der Waals surface area contributed by atoms with Crippen LogP contribution in [0, 0.1) is 6.92 Å². The third-order valence-electron chi connectivity index (χ3n) is 3.87. The lowest BCUT2D eigenvalue weighted by atomic mass is 10.1. The second-order valence-electron chi connectivity index (χ2n) is 5.74. The fraction of sp³-hybridized carbons (Fsp3) is 0.0500. The van der Waals surface area contributed by atoms with Crippen molar-refractivity contribution in [2.45, 2.75) is 6.92 Å². The van der Waals surface area contributed by atoms with Crippen LogP contribution in [0.2, 0.25) is 0 Å². The van der Waals surface area contributed by atoms with Crippen LogP contribution in [0.1, 0.15) is 26.5 Å². The van der Waals surface area contributed by atoms with Crippen LogP contribution in [0.3, 0.4) is 0 Å². The van der Waals surface area contributed by atoms with Crippen LogP contribution in [0.5, 0.6) is 0 Å². The van der Waals surface area contributed by atoms with E-state index in [0.29, 0.717) is 22.6 Å². The molecule has 1 amide bonds. The molecule has 0 aliphatic heterocycles. The number of anilines is 1. The van der Waals surface area contributed by atoms with Crippen LogP contribution in [0.4, 0.5) is 5.69 Å². The average molecular weight is 380 g/mol. The number of benzene rings is 2. The van der Waals surface area contributed by atoms with Gasteiger partial charge in [0.15, 0.2) is 5.11 Å². The first-order valence-corrected chi connectivity index (χ1v) is 8.47. The highest BCUT2D eigenvalue weighted by atomic mass is 32.1. The Labute approximate surface area is 160 Å². The zero-order chi connectivity index (χ0) is 19.4. The fourth-order valence-corrected chi connectivity index (χ4v) is 2.76. The summed E-state index contributed by atoms with van der Waals surface area (Å²) in [5.41, 5.74) is 2.58. The molecule has 3 aromatic rings. The second kappa shape index (κ2) is 7.84. The van der Waals surface area contributed by atoms with Crippen molar-refractivity contribution in [2.24, 2.45) is 0 Å². The van der Waals surface area contributed by atoms with Gasteiger partial charge in [-0.25, -0.2) is 4.79 Å². The van der Waals surface area contributed by atoms with Crippen molar-refractivity contribution in [3.05, 3.63) is 77.6 Å². The lowest BCUT2D eigenvalue weighted by Gasteiger charge is -2.13. The number of furan rings is 1. The average Bonchev–Trinajstić information content (AvgIpc) is 3.12. The topological polar surface area (TPSA) is 91.6 Å². The maximum atomic E-state index is 12.4. The summed E-state index contributed by atoms with van der Waals surface area (Å²) in [4.78, 5) is 23.4. The molecule has 6 nitrogen and oxygen atoms in total. The molecule has 0 saturated heterocycles. The Morgan fingerprint density at radius 3 is 2.41 bits per heavy atom. The van der Waals surface area contributed by atoms with Gasteiger partial charge in [0.1, 0.15) is 5.76 Å². The first kappa shape index (κ1) is 18.3. The predicted octanol–water partition coefficient (Wildman–Crippen LogP) is 4.08. The molecular weight excluding hydrogens is 364 g/mol. The number of aryl methyl sites for hydroxylation is 1. The Bertz CT molecular complexity index is 1030. The van der Waals surface area contributed by atoms with Crippen molar-refractivity contribution in [2.75, 3.05) is 5.32 Å². The maximum absolute atomic E-state index is 12.4. The minimum atomic E-state index is -1.15. The van der Waals surface area contributed by atoms with Crippen molar-refractivity contribution in [3.8, 4) is 11.3 Å². The summed E-state index contributed by atoms with van der Waals surface area (Å²) in [5.74, 6) is -1.24. The van der Waals surface area contributed by atoms with E-state index in [1.54, 1.807) is 42.5 Å². The third kappa shape index (κ3) is 4.21. The van der Waals surface area contributed by atoms with Crippen LogP contribution in [0.25, 0.3) is 11.3 Å². The van der Waals surface area contributed by atoms with E-state index in [-0.39, 0.29) is 16.8 Å². The van der Waals surface area contributed by atoms with Gasteiger partial charge in [0.2, 0.25) is 5.76 Å². The highest BCUT2D eigenvalue weighted by molar-refractivity contribution is 7.80. The molecule has 0 radical (unpaired) electrons. The van der Waals surface area contributed by atoms with Crippen molar-refractivity contribution >= 4 is 34.9 Å². The predicted molar refractivity (Wildman–Crippen MR) is 106 cm³/mol. The number of hydrogen-bond donors (Lipinski definition) is 3. The van der Waals surface area contributed by atoms with Crippen LogP contribution < -0.4 is 10.6 Å². The normalized spacial score (nSPS) is 10.3. The van der Waals surface area contributed by atoms with Crippen LogP contribution >= 0.6 is 12.2 Å². The Hall–Kier alpha value is -3.45. The minimum absolute atomic E-state index is 0.126. The van der Waals surface area contributed by atoms with E-state index in [1.165, 1.54) is 6.07 Å². The third-order valence-corrected chi connectivity index (χ3v) is 4.08. The number of carbonyl (C=O) groups is 2. The van der Waals surface area contributed by atoms with Gasteiger partial charge in [-0.3, -0.25) is 10.1 Å². The first-order valence-electron chi connectivity index (χ1n) is 8.06. The molecule has 1 heterocycles. The number of para-hydroxylation sites is 1. The molecule has 0 fully saturated rings. The Kier molecular flexibility index (Phi) is 5.33. The van der Waals surface area contributed by atoms with E-state index in [4.69, 9.17) is 21.7 Å². The van der Waals surface area contributed by atoms with E-state index in [0.717, 1.165) is 5.56 Å². The van der Waals surface area contributed by atoms with Crippen molar-refractivity contribution in [1.82, 2.24) is 5.32 Å². The molecule has 0 bridgehead atoms. The van der Waals surface area contributed by atoms with Crippen LogP contribution in [-0.2, 0) is 0 Å². The Morgan fingerprint density at radius 1 is 1.00 bits per heavy atom. The number of amides is 1. The summed E-state index contributed by atoms with van der Waals surface area (Å²) in [6.07, 6.45) is 0. The Morgan fingerprint density at radius 2 is 1.70 bits per heavy atom. The number of carboxylic acids is 1. The molecule has 136 valence electrons. The van der Waals surface area contributed by atoms with Gasteiger partial charge in [0, 0.05) is 11.1 Å². The summed E-state index contributed by atoms with van der Waals surface area (Å²) < 4.78 is 5.35. The molecule has 2 aromatic carbocycles. The van der Waals surface area contributed by atoms with Crippen molar-refractivity contribution in [1.29, 1.82) is 0 Å². The molecule has 0 atom stereocenters. The van der Waals surface area contributed by atoms with E-state index in [1.807, 2.05) is 19.1 Å². The smallest absolute Gasteiger partial charge is 0.371 e. The van der Waals surface area contributed by atoms with Gasteiger partial charge in [-0.15, -0.1) is 0 Å². The molecule has 0 spiro atoms. The molecule has 3 rings (SSSR count). The van der Waals surface area contributed by atoms with Crippen molar-refractivity contribution < 1.29 is 19.1 Å².